The number of nitrogens with one attached hydrogen (secondary N) is 1. The second kappa shape index (κ2) is 11.1. The van der Waals surface area contributed by atoms with E-state index >= 15 is 0 Å². The van der Waals surface area contributed by atoms with E-state index in [2.05, 4.69) is 29.1 Å². The normalized spacial score (nSPS) is 12.9. The summed E-state index contributed by atoms with van der Waals surface area (Å²) in [5, 5.41) is 3.62. The van der Waals surface area contributed by atoms with Crippen molar-refractivity contribution in [1.82, 2.24) is 9.97 Å². The van der Waals surface area contributed by atoms with E-state index in [9.17, 15) is 9.59 Å². The highest BCUT2D eigenvalue weighted by molar-refractivity contribution is 7.98. The topological polar surface area (TPSA) is 81.2 Å². The Hall–Kier alpha value is -2.41. The van der Waals surface area contributed by atoms with Crippen LogP contribution in [-0.4, -0.2) is 34.2 Å². The maximum atomic E-state index is 12.6. The van der Waals surface area contributed by atoms with Gasteiger partial charge < -0.3 is 10.1 Å². The van der Waals surface area contributed by atoms with Crippen molar-refractivity contribution < 1.29 is 14.3 Å². The molecule has 7 heteroatoms. The van der Waals surface area contributed by atoms with Gasteiger partial charge in [0.2, 0.25) is 0 Å². The lowest BCUT2D eigenvalue weighted by Gasteiger charge is -2.18. The first-order chi connectivity index (χ1) is 14.3. The molecule has 30 heavy (non-hydrogen) atoms. The Morgan fingerprint density at radius 3 is 2.37 bits per heavy atom. The largest absolute Gasteiger partial charge is 0.453 e. The molecule has 1 amide bonds. The van der Waals surface area contributed by atoms with Gasteiger partial charge in [-0.05, 0) is 63.0 Å². The highest BCUT2D eigenvalue weighted by Gasteiger charge is 2.20. The molecular weight excluding hydrogens is 398 g/mol. The van der Waals surface area contributed by atoms with Gasteiger partial charge >= 0.3 is 5.97 Å². The van der Waals surface area contributed by atoms with Gasteiger partial charge in [0, 0.05) is 23.5 Å². The smallest absolute Gasteiger partial charge is 0.306 e. The summed E-state index contributed by atoms with van der Waals surface area (Å²) in [6.07, 6.45) is 2.68. The van der Waals surface area contributed by atoms with Crippen LogP contribution < -0.4 is 5.32 Å². The van der Waals surface area contributed by atoms with Crippen molar-refractivity contribution in [2.45, 2.75) is 71.1 Å². The summed E-state index contributed by atoms with van der Waals surface area (Å²) in [5.41, 5.74) is 4.52. The first-order valence-corrected chi connectivity index (χ1v) is 11.5. The third-order valence-corrected chi connectivity index (χ3v) is 5.75. The highest BCUT2D eigenvalue weighted by atomic mass is 32.2. The minimum absolute atomic E-state index is 0.171. The maximum absolute atomic E-state index is 12.6. The molecule has 1 heterocycles. The molecule has 2 rings (SSSR count). The first kappa shape index (κ1) is 23.9. The fourth-order valence-corrected chi connectivity index (χ4v) is 3.65. The van der Waals surface area contributed by atoms with Gasteiger partial charge in [-0.25, -0.2) is 9.97 Å². The predicted molar refractivity (Wildman–Crippen MR) is 121 cm³/mol. The van der Waals surface area contributed by atoms with Crippen LogP contribution in [0.15, 0.2) is 29.4 Å². The molecule has 2 atom stereocenters. The lowest BCUT2D eigenvalue weighted by molar-refractivity contribution is -0.153. The van der Waals surface area contributed by atoms with Crippen molar-refractivity contribution in [3.8, 4) is 0 Å². The Morgan fingerprint density at radius 1 is 1.13 bits per heavy atom. The van der Waals surface area contributed by atoms with Gasteiger partial charge in [-0.2, -0.15) is 0 Å². The number of nitrogens with zero attached hydrogens (tertiary/aromatic N) is 2. The molecule has 0 spiro atoms. The van der Waals surface area contributed by atoms with Crippen molar-refractivity contribution >= 4 is 29.3 Å². The van der Waals surface area contributed by atoms with Crippen molar-refractivity contribution in [3.05, 3.63) is 46.8 Å². The fraction of sp³-hybridized carbons (Fsp3) is 0.478. The fourth-order valence-electron chi connectivity index (χ4n) is 3.19. The van der Waals surface area contributed by atoms with Gasteiger partial charge in [-0.3, -0.25) is 9.59 Å². The van der Waals surface area contributed by atoms with Crippen LogP contribution in [0.5, 0.6) is 0 Å². The number of carbonyl (C=O) groups is 2. The molecular formula is C23H31N3O3S. The molecule has 1 aromatic heterocycles. The minimum atomic E-state index is -0.875. The Kier molecular flexibility index (Phi) is 8.84. The molecule has 162 valence electrons. The number of para-hydroxylation sites is 1. The highest BCUT2D eigenvalue weighted by Crippen LogP contribution is 2.26. The Labute approximate surface area is 183 Å². The van der Waals surface area contributed by atoms with Crippen LogP contribution in [0.25, 0.3) is 0 Å². The predicted octanol–water partition coefficient (Wildman–Crippen LogP) is 4.83. The summed E-state index contributed by atoms with van der Waals surface area (Å²) < 4.78 is 5.36. The summed E-state index contributed by atoms with van der Waals surface area (Å²) >= 11 is 1.49. The number of rotatable bonds is 9. The second-order valence-electron chi connectivity index (χ2n) is 7.38. The number of anilines is 1. The third-order valence-electron chi connectivity index (χ3n) is 5.20. The Morgan fingerprint density at radius 2 is 1.77 bits per heavy atom. The molecule has 0 bridgehead atoms. The number of hydrogen-bond acceptors (Lipinski definition) is 6. The number of esters is 1. The molecule has 0 unspecified atom stereocenters. The van der Waals surface area contributed by atoms with Gasteiger partial charge in [0.25, 0.3) is 5.91 Å². The van der Waals surface area contributed by atoms with E-state index in [1.54, 1.807) is 6.92 Å². The Balaban J connectivity index is 1.94. The van der Waals surface area contributed by atoms with Crippen LogP contribution in [0.3, 0.4) is 0 Å². The van der Waals surface area contributed by atoms with Crippen LogP contribution in [0, 0.1) is 13.8 Å². The van der Waals surface area contributed by atoms with Gasteiger partial charge in [0.1, 0.15) is 0 Å². The average Bonchev–Trinajstić information content (AvgIpc) is 2.72. The molecule has 0 aliphatic heterocycles. The van der Waals surface area contributed by atoms with Crippen LogP contribution in [0.1, 0.15) is 62.0 Å². The van der Waals surface area contributed by atoms with Crippen LogP contribution in [0.2, 0.25) is 0 Å². The molecule has 1 N–H and O–H groups in total. The molecule has 0 saturated carbocycles. The number of aromatic nitrogens is 2. The number of carbonyl (C=O) groups excluding carboxylic acids is 2. The van der Waals surface area contributed by atoms with Crippen LogP contribution in [0.4, 0.5) is 5.69 Å². The van der Waals surface area contributed by atoms with Gasteiger partial charge in [-0.1, -0.05) is 43.8 Å². The van der Waals surface area contributed by atoms with E-state index in [-0.39, 0.29) is 12.3 Å². The van der Waals surface area contributed by atoms with Crippen molar-refractivity contribution in [3.63, 3.8) is 0 Å². The number of hydrogen-bond donors (Lipinski definition) is 1. The lowest BCUT2D eigenvalue weighted by Crippen LogP contribution is -2.30. The number of thioether (sulfide) groups is 1. The number of amides is 1. The van der Waals surface area contributed by atoms with Gasteiger partial charge in [-0.15, -0.1) is 0 Å². The molecule has 0 aliphatic carbocycles. The molecule has 2 aromatic rings. The molecule has 0 radical (unpaired) electrons. The average molecular weight is 430 g/mol. The van der Waals surface area contributed by atoms with Crippen LogP contribution in [-0.2, 0) is 20.7 Å². The monoisotopic (exact) mass is 429 g/mol. The quantitative estimate of drug-likeness (QED) is 0.349. The number of aryl methyl sites for hydroxylation is 2. The van der Waals surface area contributed by atoms with E-state index in [1.165, 1.54) is 11.8 Å². The van der Waals surface area contributed by atoms with Crippen molar-refractivity contribution in [1.29, 1.82) is 0 Å². The van der Waals surface area contributed by atoms with Crippen molar-refractivity contribution in [2.24, 2.45) is 0 Å². The molecule has 6 nitrogen and oxygen atoms in total. The third kappa shape index (κ3) is 6.29. The zero-order chi connectivity index (χ0) is 22.3. The molecule has 1 aromatic carbocycles. The van der Waals surface area contributed by atoms with E-state index in [1.807, 2.05) is 44.4 Å². The summed E-state index contributed by atoms with van der Waals surface area (Å²) in [5.74, 6) is -0.426. The SMILES string of the molecule is CC[C@H](C)c1ccccc1NC(=O)[C@H](C)OC(=O)CCc1c(C)nc(SC)nc1C. The zero-order valence-electron chi connectivity index (χ0n) is 18.6. The van der Waals surface area contributed by atoms with E-state index in [4.69, 9.17) is 4.74 Å². The second-order valence-corrected chi connectivity index (χ2v) is 8.15. The summed E-state index contributed by atoms with van der Waals surface area (Å²) in [6, 6.07) is 7.72. The van der Waals surface area contributed by atoms with E-state index < -0.39 is 12.1 Å². The molecule has 0 fully saturated rings. The van der Waals surface area contributed by atoms with Gasteiger partial charge in [0.15, 0.2) is 11.3 Å². The van der Waals surface area contributed by atoms with Crippen molar-refractivity contribution in [2.75, 3.05) is 11.6 Å². The first-order valence-electron chi connectivity index (χ1n) is 10.2. The zero-order valence-corrected chi connectivity index (χ0v) is 19.4. The minimum Gasteiger partial charge on any atom is -0.453 e. The lowest BCUT2D eigenvalue weighted by atomic mass is 9.97. The van der Waals surface area contributed by atoms with Crippen LogP contribution >= 0.6 is 11.8 Å². The maximum Gasteiger partial charge on any atom is 0.306 e. The summed E-state index contributed by atoms with van der Waals surface area (Å²) in [7, 11) is 0. The van der Waals surface area contributed by atoms with E-state index in [0.29, 0.717) is 12.3 Å². The number of ether oxygens (including phenoxy) is 1. The standard InChI is InChI=1S/C23H31N3O3S/c1-7-14(2)18-10-8-9-11-20(18)26-22(28)17(5)29-21(27)13-12-19-15(3)24-23(30-6)25-16(19)4/h8-11,14,17H,7,12-13H2,1-6H3,(H,26,28)/t14-,17-/m0/s1. The molecule has 0 saturated heterocycles. The van der Waals surface area contributed by atoms with Gasteiger partial charge in [0.05, 0.1) is 0 Å². The summed E-state index contributed by atoms with van der Waals surface area (Å²) in [6.45, 7) is 9.65. The number of benzene rings is 1. The summed E-state index contributed by atoms with van der Waals surface area (Å²) in [4.78, 5) is 33.7. The Bertz CT molecular complexity index is 878. The van der Waals surface area contributed by atoms with E-state index in [0.717, 1.165) is 39.8 Å². The molecule has 0 aliphatic rings.